The summed E-state index contributed by atoms with van der Waals surface area (Å²) in [6.07, 6.45) is -0.610. The summed E-state index contributed by atoms with van der Waals surface area (Å²) in [5.74, 6) is -1.30. The Labute approximate surface area is 185 Å². The number of esters is 3. The van der Waals surface area contributed by atoms with Crippen LogP contribution in [0.4, 0.5) is 4.79 Å². The van der Waals surface area contributed by atoms with Crippen LogP contribution in [0, 0.1) is 0 Å². The summed E-state index contributed by atoms with van der Waals surface area (Å²) in [6, 6.07) is 6.59. The molecule has 0 unspecified atom stereocenters. The molecule has 0 aliphatic rings. The van der Waals surface area contributed by atoms with E-state index in [4.69, 9.17) is 9.47 Å². The lowest BCUT2D eigenvalue weighted by atomic mass is 10.1. The number of alkyl carbamates (subject to hydrolysis) is 1. The van der Waals surface area contributed by atoms with E-state index in [2.05, 4.69) is 21.4 Å². The van der Waals surface area contributed by atoms with E-state index in [1.807, 2.05) is 24.3 Å². The average Bonchev–Trinajstić information content (AvgIpc) is 2.79. The third-order valence-electron chi connectivity index (χ3n) is 4.11. The van der Waals surface area contributed by atoms with E-state index in [0.717, 1.165) is 18.2 Å². The maximum absolute atomic E-state index is 12.2. The van der Waals surface area contributed by atoms with Gasteiger partial charge in [-0.3, -0.25) is 4.79 Å². The second-order valence-electron chi connectivity index (χ2n) is 6.21. The van der Waals surface area contributed by atoms with Crippen molar-refractivity contribution in [2.45, 2.75) is 30.7 Å². The minimum absolute atomic E-state index is 0.0488. The van der Waals surface area contributed by atoms with Crippen LogP contribution >= 0.6 is 11.8 Å². The van der Waals surface area contributed by atoms with E-state index >= 15 is 0 Å². The molecule has 0 saturated heterocycles. The maximum atomic E-state index is 12.2. The molecule has 0 spiro atoms. The Morgan fingerprint density at radius 1 is 1.03 bits per heavy atom. The second-order valence-corrected chi connectivity index (χ2v) is 7.24. The second kappa shape index (κ2) is 14.1. The normalized spacial score (nSPS) is 12.1. The monoisotopic (exact) mass is 453 g/mol. The van der Waals surface area contributed by atoms with Gasteiger partial charge in [0.25, 0.3) is 0 Å². The fourth-order valence-corrected chi connectivity index (χ4v) is 3.34. The van der Waals surface area contributed by atoms with Crippen molar-refractivity contribution in [1.29, 1.82) is 0 Å². The number of hydrogen-bond donors (Lipinski definition) is 1. The van der Waals surface area contributed by atoms with Crippen LogP contribution in [-0.2, 0) is 39.1 Å². The molecule has 1 aromatic rings. The number of methoxy groups -OCH3 is 3. The summed E-state index contributed by atoms with van der Waals surface area (Å²) in [5.41, 5.74) is 2.02. The Bertz CT molecular complexity index is 765. The Balaban J connectivity index is 2.65. The first kappa shape index (κ1) is 26.0. The maximum Gasteiger partial charge on any atom is 0.408 e. The molecule has 0 aliphatic heterocycles. The molecule has 0 saturated carbocycles. The highest BCUT2D eigenvalue weighted by molar-refractivity contribution is 7.98. The van der Waals surface area contributed by atoms with Gasteiger partial charge in [0.15, 0.2) is 0 Å². The molecule has 0 fully saturated rings. The fraction of sp³-hybridized carbons (Fsp3) is 0.429. The topological polar surface area (TPSA) is 117 Å². The molecule has 1 N–H and O–H groups in total. The summed E-state index contributed by atoms with van der Waals surface area (Å²) < 4.78 is 19.0. The van der Waals surface area contributed by atoms with E-state index in [-0.39, 0.29) is 18.6 Å². The van der Waals surface area contributed by atoms with E-state index in [0.29, 0.717) is 5.75 Å². The molecular weight excluding hydrogens is 426 g/mol. The summed E-state index contributed by atoms with van der Waals surface area (Å²) in [5, 5.41) is 2.31. The molecule has 0 aromatic heterocycles. The van der Waals surface area contributed by atoms with Crippen LogP contribution in [0.5, 0.6) is 0 Å². The van der Waals surface area contributed by atoms with Crippen LogP contribution < -0.4 is 5.32 Å². The van der Waals surface area contributed by atoms with Gasteiger partial charge in [-0.15, -0.1) is 0 Å². The zero-order valence-corrected chi connectivity index (χ0v) is 18.6. The van der Waals surface area contributed by atoms with E-state index in [1.165, 1.54) is 26.0 Å². The van der Waals surface area contributed by atoms with Crippen molar-refractivity contribution in [2.75, 3.05) is 27.1 Å². The zero-order chi connectivity index (χ0) is 23.2. The highest BCUT2D eigenvalue weighted by Crippen LogP contribution is 2.16. The number of thioether (sulfide) groups is 1. The average molecular weight is 454 g/mol. The smallest absolute Gasteiger partial charge is 0.408 e. The van der Waals surface area contributed by atoms with Gasteiger partial charge in [0, 0.05) is 17.9 Å². The summed E-state index contributed by atoms with van der Waals surface area (Å²) >= 11 is 1.38. The first-order chi connectivity index (χ1) is 14.8. The van der Waals surface area contributed by atoms with Gasteiger partial charge in [0.05, 0.1) is 21.3 Å². The van der Waals surface area contributed by atoms with Gasteiger partial charge < -0.3 is 24.3 Å². The van der Waals surface area contributed by atoms with Gasteiger partial charge in [-0.2, -0.15) is 11.8 Å². The lowest BCUT2D eigenvalue weighted by Crippen LogP contribution is -2.44. The van der Waals surface area contributed by atoms with Crippen molar-refractivity contribution in [3.05, 3.63) is 42.0 Å². The van der Waals surface area contributed by atoms with Crippen molar-refractivity contribution in [2.24, 2.45) is 0 Å². The minimum Gasteiger partial charge on any atom is -0.469 e. The first-order valence-corrected chi connectivity index (χ1v) is 10.5. The third kappa shape index (κ3) is 9.56. The van der Waals surface area contributed by atoms with Gasteiger partial charge in [0.2, 0.25) is 6.10 Å². The number of hydrogen-bond acceptors (Lipinski definition) is 9. The van der Waals surface area contributed by atoms with Crippen LogP contribution in [-0.4, -0.2) is 63.2 Å². The van der Waals surface area contributed by atoms with Crippen LogP contribution in [0.25, 0.3) is 6.08 Å². The van der Waals surface area contributed by atoms with Crippen molar-refractivity contribution < 1.29 is 38.1 Å². The molecule has 10 heteroatoms. The zero-order valence-electron chi connectivity index (χ0n) is 17.8. The molecule has 1 rings (SSSR count). The van der Waals surface area contributed by atoms with Gasteiger partial charge in [0.1, 0.15) is 6.04 Å². The minimum atomic E-state index is -1.18. The molecule has 9 nitrogen and oxygen atoms in total. The van der Waals surface area contributed by atoms with Crippen molar-refractivity contribution >= 4 is 41.8 Å². The predicted octanol–water partition coefficient (Wildman–Crippen LogP) is 2.33. The van der Waals surface area contributed by atoms with Crippen molar-refractivity contribution in [3.8, 4) is 0 Å². The van der Waals surface area contributed by atoms with Crippen LogP contribution in [0.3, 0.4) is 0 Å². The lowest BCUT2D eigenvalue weighted by molar-refractivity contribution is -0.149. The van der Waals surface area contributed by atoms with Gasteiger partial charge in [-0.25, -0.2) is 14.4 Å². The Kier molecular flexibility index (Phi) is 11.8. The summed E-state index contributed by atoms with van der Waals surface area (Å²) in [7, 11) is 3.54. The fourth-order valence-electron chi connectivity index (χ4n) is 2.38. The standard InChI is InChI=1S/C21H27NO8S/c1-5-14-6-8-15(9-7-14)12-31-13-17(20(25)29-4)30-21(26)22-16(19(24)28-3)10-11-18(23)27-2/h5-9,16-17H,1,10-13H2,2-4H3,(H,22,26)/t16-,17-/m0/s1. The van der Waals surface area contributed by atoms with Crippen LogP contribution in [0.1, 0.15) is 24.0 Å². The first-order valence-electron chi connectivity index (χ1n) is 9.33. The highest BCUT2D eigenvalue weighted by atomic mass is 32.2. The highest BCUT2D eigenvalue weighted by Gasteiger charge is 2.28. The largest absolute Gasteiger partial charge is 0.469 e. The molecule has 1 aromatic carbocycles. The summed E-state index contributed by atoms with van der Waals surface area (Å²) in [4.78, 5) is 47.4. The van der Waals surface area contributed by atoms with Crippen molar-refractivity contribution in [3.63, 3.8) is 0 Å². The van der Waals surface area contributed by atoms with Crippen LogP contribution in [0.15, 0.2) is 30.8 Å². The number of nitrogens with one attached hydrogen (secondary N) is 1. The number of benzene rings is 1. The Hall–Kier alpha value is -3.01. The van der Waals surface area contributed by atoms with Gasteiger partial charge in [-0.1, -0.05) is 36.9 Å². The number of amides is 1. The molecule has 0 radical (unpaired) electrons. The van der Waals surface area contributed by atoms with Crippen LogP contribution in [0.2, 0.25) is 0 Å². The quantitative estimate of drug-likeness (QED) is 0.376. The molecule has 0 bridgehead atoms. The van der Waals surface area contributed by atoms with E-state index in [1.54, 1.807) is 6.08 Å². The third-order valence-corrected chi connectivity index (χ3v) is 5.19. The number of rotatable bonds is 12. The SMILES string of the molecule is C=Cc1ccc(CSC[C@H](OC(=O)N[C@@H](CCC(=O)OC)C(=O)OC)C(=O)OC)cc1. The van der Waals surface area contributed by atoms with E-state index < -0.39 is 36.1 Å². The van der Waals surface area contributed by atoms with Gasteiger partial charge >= 0.3 is 24.0 Å². The summed E-state index contributed by atoms with van der Waals surface area (Å²) in [6.45, 7) is 3.70. The molecule has 31 heavy (non-hydrogen) atoms. The Morgan fingerprint density at radius 2 is 1.68 bits per heavy atom. The molecule has 2 atom stereocenters. The molecule has 0 heterocycles. The predicted molar refractivity (Wildman–Crippen MR) is 115 cm³/mol. The van der Waals surface area contributed by atoms with Crippen molar-refractivity contribution in [1.82, 2.24) is 5.32 Å². The number of carbonyl (C=O) groups excluding carboxylic acids is 4. The Morgan fingerprint density at radius 3 is 2.23 bits per heavy atom. The number of carbonyl (C=O) groups is 4. The molecule has 170 valence electrons. The molecule has 1 amide bonds. The lowest BCUT2D eigenvalue weighted by Gasteiger charge is -2.19. The number of ether oxygens (including phenoxy) is 4. The molecular formula is C21H27NO8S. The molecule has 0 aliphatic carbocycles. The van der Waals surface area contributed by atoms with E-state index in [9.17, 15) is 19.2 Å². The van der Waals surface area contributed by atoms with Gasteiger partial charge in [-0.05, 0) is 17.5 Å².